The molecular formula is C7H15BN2O2. The molecule has 5 heteroatoms. The molecule has 3 atom stereocenters. The van der Waals surface area contributed by atoms with Crippen molar-refractivity contribution in [3.63, 3.8) is 0 Å². The van der Waals surface area contributed by atoms with Crippen molar-refractivity contribution in [2.45, 2.75) is 31.4 Å². The van der Waals surface area contributed by atoms with Crippen molar-refractivity contribution in [2.75, 3.05) is 6.54 Å². The summed E-state index contributed by atoms with van der Waals surface area (Å²) in [5, 5.41) is 9.27. The zero-order valence-electron chi connectivity index (χ0n) is 7.53. The van der Waals surface area contributed by atoms with Crippen LogP contribution in [-0.4, -0.2) is 48.4 Å². The van der Waals surface area contributed by atoms with Crippen LogP contribution in [0.2, 0.25) is 0 Å². The molecular weight excluding hydrogens is 155 g/mol. The number of hydrogen-bond donors (Lipinski definition) is 2. The first-order chi connectivity index (χ1) is 5.52. The molecule has 1 rings (SSSR count). The van der Waals surface area contributed by atoms with Gasteiger partial charge in [0.25, 0.3) is 0 Å². The van der Waals surface area contributed by atoms with Crippen LogP contribution < -0.4 is 5.73 Å². The zero-order valence-corrected chi connectivity index (χ0v) is 7.53. The molecule has 0 spiro atoms. The summed E-state index contributed by atoms with van der Waals surface area (Å²) in [4.78, 5) is 13.0. The number of aliphatic hydroxyl groups is 1. The second kappa shape index (κ2) is 3.45. The highest BCUT2D eigenvalue weighted by Gasteiger charge is 2.31. The molecule has 0 bridgehead atoms. The molecule has 0 aromatic heterocycles. The first kappa shape index (κ1) is 9.54. The van der Waals surface area contributed by atoms with E-state index in [1.807, 2.05) is 7.85 Å². The topological polar surface area (TPSA) is 66.6 Å². The highest BCUT2D eigenvalue weighted by atomic mass is 16.3. The molecule has 1 aliphatic heterocycles. The average Bonchev–Trinajstić information content (AvgIpc) is 2.28. The number of nitrogens with zero attached hydrogens (tertiary/aromatic N) is 1. The van der Waals surface area contributed by atoms with Gasteiger partial charge in [0, 0.05) is 12.5 Å². The fraction of sp³-hybridized carbons (Fsp3) is 0.857. The lowest BCUT2D eigenvalue weighted by atomic mass is 9.93. The Morgan fingerprint density at radius 1 is 1.83 bits per heavy atom. The maximum absolute atomic E-state index is 11.4. The normalized spacial score (nSPS) is 32.1. The van der Waals surface area contributed by atoms with Gasteiger partial charge in [0.2, 0.25) is 5.91 Å². The van der Waals surface area contributed by atoms with E-state index >= 15 is 0 Å². The summed E-state index contributed by atoms with van der Waals surface area (Å²) < 4.78 is 0. The summed E-state index contributed by atoms with van der Waals surface area (Å²) >= 11 is 0. The predicted octanol–water partition coefficient (Wildman–Crippen LogP) is -2.11. The molecule has 0 aromatic rings. The van der Waals surface area contributed by atoms with Gasteiger partial charge in [-0.15, -0.1) is 0 Å². The van der Waals surface area contributed by atoms with Gasteiger partial charge in [0.1, 0.15) is 7.85 Å². The van der Waals surface area contributed by atoms with Gasteiger partial charge < -0.3 is 15.7 Å². The molecule has 1 aliphatic rings. The Morgan fingerprint density at radius 3 is 2.75 bits per heavy atom. The van der Waals surface area contributed by atoms with Crippen molar-refractivity contribution < 1.29 is 9.90 Å². The van der Waals surface area contributed by atoms with E-state index in [9.17, 15) is 9.90 Å². The Bertz CT molecular complexity index is 186. The summed E-state index contributed by atoms with van der Waals surface area (Å²) in [5.74, 6) is 0.0533. The first-order valence-electron chi connectivity index (χ1n) is 4.26. The third kappa shape index (κ3) is 1.79. The number of aliphatic hydroxyl groups excluding tert-OH is 1. The van der Waals surface area contributed by atoms with Crippen LogP contribution >= 0.6 is 0 Å². The summed E-state index contributed by atoms with van der Waals surface area (Å²) in [6, 6.07) is -0.460. The summed E-state index contributed by atoms with van der Waals surface area (Å²) in [5.41, 5.74) is 5.45. The lowest BCUT2D eigenvalue weighted by molar-refractivity contribution is -0.132. The summed E-state index contributed by atoms with van der Waals surface area (Å²) in [6.45, 7) is 2.10. The van der Waals surface area contributed by atoms with Crippen LogP contribution in [0.3, 0.4) is 0 Å². The zero-order chi connectivity index (χ0) is 9.30. The standard InChI is InChI=1S/C7H15BN2O2/c1-4(9)7(12)10-3-5(11)2-6(10)8/h4-6,11H,2-3,8-9H2,1H3/t4-,5+,6-/m0/s1. The second-order valence-electron chi connectivity index (χ2n) is 3.52. The molecule has 0 saturated carbocycles. The summed E-state index contributed by atoms with van der Waals surface area (Å²) in [7, 11) is 1.93. The third-order valence-corrected chi connectivity index (χ3v) is 2.23. The van der Waals surface area contributed by atoms with Crippen molar-refractivity contribution in [3.05, 3.63) is 0 Å². The molecule has 0 unspecified atom stereocenters. The van der Waals surface area contributed by atoms with Crippen LogP contribution in [0.5, 0.6) is 0 Å². The number of carbonyl (C=O) groups excluding carboxylic acids is 1. The van der Waals surface area contributed by atoms with Gasteiger partial charge >= 0.3 is 0 Å². The van der Waals surface area contributed by atoms with Gasteiger partial charge in [0.05, 0.1) is 12.1 Å². The van der Waals surface area contributed by atoms with E-state index in [-0.39, 0.29) is 18.0 Å². The fourth-order valence-corrected chi connectivity index (χ4v) is 1.57. The Kier molecular flexibility index (Phi) is 2.74. The number of hydrogen-bond acceptors (Lipinski definition) is 3. The smallest absolute Gasteiger partial charge is 0.238 e. The van der Waals surface area contributed by atoms with Gasteiger partial charge in [-0.3, -0.25) is 4.79 Å². The third-order valence-electron chi connectivity index (χ3n) is 2.23. The van der Waals surface area contributed by atoms with Gasteiger partial charge in [0.15, 0.2) is 0 Å². The number of amides is 1. The lowest BCUT2D eigenvalue weighted by Gasteiger charge is -2.23. The van der Waals surface area contributed by atoms with Crippen molar-refractivity contribution in [1.29, 1.82) is 0 Å². The van der Waals surface area contributed by atoms with Crippen molar-refractivity contribution >= 4 is 13.8 Å². The molecule has 68 valence electrons. The van der Waals surface area contributed by atoms with E-state index in [4.69, 9.17) is 5.73 Å². The monoisotopic (exact) mass is 170 g/mol. The van der Waals surface area contributed by atoms with Crippen LogP contribution in [0.1, 0.15) is 13.3 Å². The van der Waals surface area contributed by atoms with Crippen molar-refractivity contribution in [3.8, 4) is 0 Å². The lowest BCUT2D eigenvalue weighted by Crippen LogP contribution is -2.45. The predicted molar refractivity (Wildman–Crippen MR) is 48.3 cm³/mol. The molecule has 1 amide bonds. The van der Waals surface area contributed by atoms with E-state index in [2.05, 4.69) is 0 Å². The van der Waals surface area contributed by atoms with Gasteiger partial charge in [-0.2, -0.15) is 0 Å². The molecule has 12 heavy (non-hydrogen) atoms. The van der Waals surface area contributed by atoms with E-state index in [1.54, 1.807) is 11.8 Å². The Labute approximate surface area is 73.1 Å². The van der Waals surface area contributed by atoms with E-state index in [1.165, 1.54) is 0 Å². The second-order valence-corrected chi connectivity index (χ2v) is 3.52. The van der Waals surface area contributed by atoms with Crippen LogP contribution in [0.25, 0.3) is 0 Å². The van der Waals surface area contributed by atoms with E-state index in [0.717, 1.165) is 0 Å². The molecule has 0 aromatic carbocycles. The van der Waals surface area contributed by atoms with E-state index in [0.29, 0.717) is 13.0 Å². The SMILES string of the molecule is B[C@@H]1C[C@@H](O)CN1C(=O)[C@H](C)N. The van der Waals surface area contributed by atoms with E-state index < -0.39 is 6.04 Å². The number of nitrogens with two attached hydrogens (primary N) is 1. The quantitative estimate of drug-likeness (QED) is 0.442. The Hall–Kier alpha value is -0.545. The molecule has 1 saturated heterocycles. The maximum Gasteiger partial charge on any atom is 0.238 e. The minimum absolute atomic E-state index is 0.0703. The molecule has 1 heterocycles. The Balaban J connectivity index is 2.58. The molecule has 0 aliphatic carbocycles. The minimum Gasteiger partial charge on any atom is -0.391 e. The average molecular weight is 170 g/mol. The number of rotatable bonds is 1. The number of β-amino-alcohol motifs (C(OH)–C–C–N with tert-alkyl or cyclic N) is 1. The number of carbonyl (C=O) groups is 1. The highest BCUT2D eigenvalue weighted by molar-refractivity contribution is 6.13. The van der Waals surface area contributed by atoms with Gasteiger partial charge in [-0.25, -0.2) is 0 Å². The minimum atomic E-state index is -0.460. The van der Waals surface area contributed by atoms with Crippen LogP contribution in [0.15, 0.2) is 0 Å². The van der Waals surface area contributed by atoms with Crippen molar-refractivity contribution in [2.24, 2.45) is 5.73 Å². The number of likely N-dealkylation sites (tertiary alicyclic amines) is 1. The van der Waals surface area contributed by atoms with Crippen molar-refractivity contribution in [1.82, 2.24) is 4.90 Å². The van der Waals surface area contributed by atoms with Gasteiger partial charge in [-0.1, -0.05) is 0 Å². The largest absolute Gasteiger partial charge is 0.391 e. The maximum atomic E-state index is 11.4. The molecule has 4 nitrogen and oxygen atoms in total. The molecule has 0 radical (unpaired) electrons. The molecule has 3 N–H and O–H groups in total. The van der Waals surface area contributed by atoms with Gasteiger partial charge in [-0.05, 0) is 13.3 Å². The first-order valence-corrected chi connectivity index (χ1v) is 4.26. The van der Waals surface area contributed by atoms with Crippen LogP contribution in [-0.2, 0) is 4.79 Å². The summed E-state index contributed by atoms with van der Waals surface area (Å²) in [6.07, 6.45) is 0.293. The van der Waals surface area contributed by atoms with Crippen LogP contribution in [0, 0.1) is 0 Å². The molecule has 1 fully saturated rings. The fourth-order valence-electron chi connectivity index (χ4n) is 1.57. The Morgan fingerprint density at radius 2 is 2.42 bits per heavy atom. The highest BCUT2D eigenvalue weighted by Crippen LogP contribution is 2.15. The van der Waals surface area contributed by atoms with Crippen LogP contribution in [0.4, 0.5) is 0 Å².